The number of benzene rings is 2. The highest BCUT2D eigenvalue weighted by molar-refractivity contribution is 9.10. The largest absolute Gasteiger partial charge is 0.495 e. The molecule has 1 unspecified atom stereocenters. The number of amides is 1. The Balaban J connectivity index is 2.09. The van der Waals surface area contributed by atoms with Crippen molar-refractivity contribution in [2.75, 3.05) is 24.8 Å². The second kappa shape index (κ2) is 10.5. The van der Waals surface area contributed by atoms with Crippen LogP contribution in [-0.2, 0) is 4.79 Å². The summed E-state index contributed by atoms with van der Waals surface area (Å²) in [5, 5.41) is 26.0. The molecule has 0 aliphatic carbocycles. The number of carbonyl (C=O) groups is 1. The van der Waals surface area contributed by atoms with Gasteiger partial charge in [-0.2, -0.15) is 5.26 Å². The summed E-state index contributed by atoms with van der Waals surface area (Å²) in [6, 6.07) is 17.0. The maximum Gasteiger partial charge on any atom is 0.254 e. The first-order valence-corrected chi connectivity index (χ1v) is 11.3. The van der Waals surface area contributed by atoms with E-state index >= 15 is 0 Å². The predicted molar refractivity (Wildman–Crippen MR) is 127 cm³/mol. The number of hydrogen-bond acceptors (Lipinski definition) is 6. The Bertz CT molecular complexity index is 1090. The zero-order valence-electron chi connectivity index (χ0n) is 17.1. The summed E-state index contributed by atoms with van der Waals surface area (Å²) in [7, 11) is 1.54. The highest BCUT2D eigenvalue weighted by Crippen LogP contribution is 2.43. The van der Waals surface area contributed by atoms with Gasteiger partial charge in [0.1, 0.15) is 5.75 Å². The van der Waals surface area contributed by atoms with Gasteiger partial charge in [-0.15, -0.1) is 11.8 Å². The Kier molecular flexibility index (Phi) is 7.80. The van der Waals surface area contributed by atoms with Crippen LogP contribution in [0.2, 0.25) is 0 Å². The number of aliphatic hydroxyl groups is 1. The maximum atomic E-state index is 13.5. The molecule has 0 fully saturated rings. The number of ether oxygens (including phenoxy) is 1. The molecule has 160 valence electrons. The number of carbonyl (C=O) groups excluding carboxylic acids is 1. The van der Waals surface area contributed by atoms with Crippen LogP contribution < -0.4 is 15.4 Å². The minimum atomic E-state index is -0.572. The molecule has 1 aliphatic heterocycles. The molecule has 1 aliphatic rings. The SMILES string of the molecule is COc1ccccc1NC(=O)C1=C(C)NC(SCCO)=C(C#N)C1c1ccccc1Br. The van der Waals surface area contributed by atoms with Crippen molar-refractivity contribution in [1.82, 2.24) is 5.32 Å². The first-order valence-electron chi connectivity index (χ1n) is 9.56. The fourth-order valence-electron chi connectivity index (χ4n) is 3.43. The molecule has 2 aromatic rings. The van der Waals surface area contributed by atoms with Gasteiger partial charge in [0.15, 0.2) is 0 Å². The highest BCUT2D eigenvalue weighted by atomic mass is 79.9. The number of nitrogens with zero attached hydrogens (tertiary/aromatic N) is 1. The lowest BCUT2D eigenvalue weighted by Gasteiger charge is -2.30. The van der Waals surface area contributed by atoms with Gasteiger partial charge in [0.05, 0.1) is 42.0 Å². The van der Waals surface area contributed by atoms with Crippen LogP contribution in [0.5, 0.6) is 5.75 Å². The normalized spacial score (nSPS) is 15.9. The fourth-order valence-corrected chi connectivity index (χ4v) is 4.79. The van der Waals surface area contributed by atoms with Gasteiger partial charge in [-0.1, -0.05) is 46.3 Å². The van der Waals surface area contributed by atoms with E-state index in [4.69, 9.17) is 4.74 Å². The van der Waals surface area contributed by atoms with Crippen LogP contribution in [0.25, 0.3) is 0 Å². The smallest absolute Gasteiger partial charge is 0.254 e. The molecule has 0 saturated carbocycles. The molecule has 0 saturated heterocycles. The number of anilines is 1. The minimum absolute atomic E-state index is 0.0157. The van der Waals surface area contributed by atoms with Gasteiger partial charge < -0.3 is 20.5 Å². The zero-order valence-corrected chi connectivity index (χ0v) is 19.5. The number of rotatable bonds is 7. The molecule has 31 heavy (non-hydrogen) atoms. The zero-order chi connectivity index (χ0) is 22.4. The van der Waals surface area contributed by atoms with E-state index < -0.39 is 5.92 Å². The molecule has 8 heteroatoms. The Morgan fingerprint density at radius 3 is 2.68 bits per heavy atom. The van der Waals surface area contributed by atoms with Crippen molar-refractivity contribution in [3.63, 3.8) is 0 Å². The van der Waals surface area contributed by atoms with Crippen LogP contribution in [0.15, 0.2) is 74.9 Å². The lowest BCUT2D eigenvalue weighted by atomic mass is 9.82. The van der Waals surface area contributed by atoms with Crippen molar-refractivity contribution >= 4 is 39.3 Å². The fraction of sp³-hybridized carbons (Fsp3) is 0.217. The number of thioether (sulfide) groups is 1. The third-order valence-electron chi connectivity index (χ3n) is 4.80. The van der Waals surface area contributed by atoms with Gasteiger partial charge in [-0.05, 0) is 30.7 Å². The van der Waals surface area contributed by atoms with E-state index in [0.29, 0.717) is 39.1 Å². The number of hydrogen-bond donors (Lipinski definition) is 3. The van der Waals surface area contributed by atoms with Crippen LogP contribution >= 0.6 is 27.7 Å². The Hall–Kier alpha value is -2.73. The standard InChI is InChI=1S/C23H22BrN3O3S/c1-14-20(22(29)27-18-9-5-6-10-19(18)30-2)21(15-7-3-4-8-17(15)24)16(13-25)23(26-14)31-12-11-28/h3-10,21,26,28H,11-12H2,1-2H3,(H,27,29). The predicted octanol–water partition coefficient (Wildman–Crippen LogP) is 4.52. The molecule has 1 atom stereocenters. The third-order valence-corrected chi connectivity index (χ3v) is 6.52. The lowest BCUT2D eigenvalue weighted by molar-refractivity contribution is -0.113. The van der Waals surface area contributed by atoms with Gasteiger partial charge >= 0.3 is 0 Å². The summed E-state index contributed by atoms with van der Waals surface area (Å²) in [5.74, 6) is 0.0872. The van der Waals surface area contributed by atoms with Crippen LogP contribution in [0.3, 0.4) is 0 Å². The molecule has 2 aromatic carbocycles. The Labute approximate surface area is 194 Å². The second-order valence-corrected chi connectivity index (χ2v) is 8.66. The Morgan fingerprint density at radius 2 is 2.00 bits per heavy atom. The van der Waals surface area contributed by atoms with E-state index in [1.807, 2.05) is 43.3 Å². The molecule has 3 N–H and O–H groups in total. The summed E-state index contributed by atoms with van der Waals surface area (Å²) < 4.78 is 6.15. The van der Waals surface area contributed by atoms with Crippen molar-refractivity contribution in [2.45, 2.75) is 12.8 Å². The van der Waals surface area contributed by atoms with Crippen LogP contribution in [-0.4, -0.2) is 30.5 Å². The monoisotopic (exact) mass is 499 g/mol. The van der Waals surface area contributed by atoms with Crippen molar-refractivity contribution in [2.24, 2.45) is 0 Å². The van der Waals surface area contributed by atoms with Gasteiger partial charge in [-0.3, -0.25) is 4.79 Å². The first kappa shape index (κ1) is 22.9. The average molecular weight is 500 g/mol. The van der Waals surface area contributed by atoms with Crippen LogP contribution in [0.1, 0.15) is 18.4 Å². The summed E-state index contributed by atoms with van der Waals surface area (Å²) in [5.41, 5.74) is 2.88. The average Bonchev–Trinajstić information content (AvgIpc) is 2.77. The van der Waals surface area contributed by atoms with E-state index in [9.17, 15) is 15.2 Å². The molecule has 0 bridgehead atoms. The topological polar surface area (TPSA) is 94.4 Å². The van der Waals surface area contributed by atoms with Crippen molar-refractivity contribution in [3.05, 3.63) is 80.4 Å². The second-order valence-electron chi connectivity index (χ2n) is 6.70. The van der Waals surface area contributed by atoms with E-state index in [1.165, 1.54) is 11.8 Å². The number of halogens is 1. The van der Waals surface area contributed by atoms with Gasteiger partial charge in [-0.25, -0.2) is 0 Å². The molecule has 3 rings (SSSR count). The van der Waals surface area contributed by atoms with E-state index in [-0.39, 0.29) is 12.5 Å². The van der Waals surface area contributed by atoms with E-state index in [1.54, 1.807) is 19.2 Å². The summed E-state index contributed by atoms with van der Waals surface area (Å²) in [6.07, 6.45) is 0. The van der Waals surface area contributed by atoms with E-state index in [2.05, 4.69) is 32.6 Å². The summed E-state index contributed by atoms with van der Waals surface area (Å²) >= 11 is 4.93. The van der Waals surface area contributed by atoms with Crippen LogP contribution in [0, 0.1) is 11.3 Å². The van der Waals surface area contributed by atoms with E-state index in [0.717, 1.165) is 10.0 Å². The molecular weight excluding hydrogens is 478 g/mol. The van der Waals surface area contributed by atoms with Crippen molar-refractivity contribution < 1.29 is 14.6 Å². The summed E-state index contributed by atoms with van der Waals surface area (Å²) in [6.45, 7) is 1.80. The first-order chi connectivity index (χ1) is 15.0. The summed E-state index contributed by atoms with van der Waals surface area (Å²) in [4.78, 5) is 13.5. The number of methoxy groups -OCH3 is 1. The number of nitriles is 1. The molecule has 1 amide bonds. The van der Waals surface area contributed by atoms with Crippen molar-refractivity contribution in [3.8, 4) is 11.8 Å². The molecule has 0 radical (unpaired) electrons. The number of nitrogens with one attached hydrogen (secondary N) is 2. The molecular formula is C23H22BrN3O3S. The van der Waals surface area contributed by atoms with Crippen LogP contribution in [0.4, 0.5) is 5.69 Å². The minimum Gasteiger partial charge on any atom is -0.495 e. The molecule has 1 heterocycles. The molecule has 6 nitrogen and oxygen atoms in total. The number of dihydropyridines is 1. The van der Waals surface area contributed by atoms with Gasteiger partial charge in [0.25, 0.3) is 5.91 Å². The Morgan fingerprint density at radius 1 is 1.29 bits per heavy atom. The molecule has 0 aromatic heterocycles. The number of allylic oxidation sites excluding steroid dienone is 2. The highest BCUT2D eigenvalue weighted by Gasteiger charge is 2.35. The number of aliphatic hydroxyl groups excluding tert-OH is 1. The van der Waals surface area contributed by atoms with Gasteiger partial charge in [0, 0.05) is 21.5 Å². The maximum absolute atomic E-state index is 13.5. The number of para-hydroxylation sites is 2. The third kappa shape index (κ3) is 4.96. The quantitative estimate of drug-likeness (QED) is 0.518. The molecule has 0 spiro atoms. The van der Waals surface area contributed by atoms with Gasteiger partial charge in [0.2, 0.25) is 0 Å². The van der Waals surface area contributed by atoms with Crippen molar-refractivity contribution in [1.29, 1.82) is 5.26 Å². The lowest BCUT2D eigenvalue weighted by Crippen LogP contribution is -2.31.